The topological polar surface area (TPSA) is 0 Å². The van der Waals surface area contributed by atoms with Crippen LogP contribution < -0.4 is 0 Å². The van der Waals surface area contributed by atoms with E-state index in [0.29, 0.717) is 0 Å². The second-order valence-electron chi connectivity index (χ2n) is 0.354. The van der Waals surface area contributed by atoms with Crippen molar-refractivity contribution in [3.05, 3.63) is 13.8 Å². The van der Waals surface area contributed by atoms with E-state index in [4.69, 9.17) is 0 Å². The molecular formula is C3H6Co. The van der Waals surface area contributed by atoms with E-state index in [0.717, 1.165) is 6.42 Å². The van der Waals surface area contributed by atoms with E-state index in [1.807, 2.05) is 0 Å². The molecule has 0 aliphatic heterocycles. The van der Waals surface area contributed by atoms with E-state index in [-0.39, 0.29) is 16.8 Å². The fraction of sp³-hybridized carbons (Fsp3) is 0.333. The molecule has 0 aromatic rings. The Hall–Kier alpha value is 0.506. The first-order chi connectivity index (χ1) is 1.41. The number of rotatable bonds is 0. The zero-order valence-corrected chi connectivity index (χ0v) is 3.50. The van der Waals surface area contributed by atoms with Crippen LogP contribution in [0.1, 0.15) is 6.42 Å². The fourth-order valence-corrected chi connectivity index (χ4v) is 0. The van der Waals surface area contributed by atoms with Crippen LogP contribution in [0.4, 0.5) is 0 Å². The van der Waals surface area contributed by atoms with Crippen LogP contribution in [-0.2, 0) is 16.8 Å². The van der Waals surface area contributed by atoms with Crippen molar-refractivity contribution in [3.8, 4) is 0 Å². The van der Waals surface area contributed by atoms with E-state index < -0.39 is 0 Å². The van der Waals surface area contributed by atoms with Gasteiger partial charge in [-0.05, 0) is 0 Å². The monoisotopic (exact) mass is 101 g/mol. The molecule has 0 N–H and O–H groups in total. The Bertz CT molecular complexity index is 3.25. The standard InChI is InChI=1S/C3H6.Co/c1-3-2;/h1-3H2;/q-2;+2. The van der Waals surface area contributed by atoms with Gasteiger partial charge in [-0.25, -0.2) is 0 Å². The summed E-state index contributed by atoms with van der Waals surface area (Å²) < 4.78 is 0. The summed E-state index contributed by atoms with van der Waals surface area (Å²) in [6.45, 7) is 6.75. The first kappa shape index (κ1) is 8.82. The minimum absolute atomic E-state index is 0. The predicted molar refractivity (Wildman–Crippen MR) is 15.3 cm³/mol. The van der Waals surface area contributed by atoms with Crippen molar-refractivity contribution < 1.29 is 16.8 Å². The van der Waals surface area contributed by atoms with Crippen LogP contribution in [0.3, 0.4) is 0 Å². The summed E-state index contributed by atoms with van der Waals surface area (Å²) in [5.74, 6) is 0. The van der Waals surface area contributed by atoms with Crippen molar-refractivity contribution in [2.75, 3.05) is 0 Å². The van der Waals surface area contributed by atoms with Gasteiger partial charge in [0, 0.05) is 0 Å². The van der Waals surface area contributed by atoms with Crippen molar-refractivity contribution in [2.24, 2.45) is 0 Å². The molecule has 0 rings (SSSR count). The molecule has 1 heteroatoms. The van der Waals surface area contributed by atoms with E-state index in [1.165, 1.54) is 0 Å². The van der Waals surface area contributed by atoms with Gasteiger partial charge in [-0.2, -0.15) is 0 Å². The second kappa shape index (κ2) is 9.71. The van der Waals surface area contributed by atoms with Crippen molar-refractivity contribution in [3.63, 3.8) is 0 Å². The van der Waals surface area contributed by atoms with Crippen LogP contribution in [0.2, 0.25) is 0 Å². The normalized spacial score (nSPS) is 4.50. The predicted octanol–water partition coefficient (Wildman–Crippen LogP) is 1.04. The van der Waals surface area contributed by atoms with Gasteiger partial charge in [0.2, 0.25) is 0 Å². The molecule has 27 valence electrons. The van der Waals surface area contributed by atoms with E-state index in [2.05, 4.69) is 13.8 Å². The van der Waals surface area contributed by atoms with Crippen LogP contribution in [0.15, 0.2) is 0 Å². The molecule has 0 amide bonds. The van der Waals surface area contributed by atoms with Crippen molar-refractivity contribution in [1.82, 2.24) is 0 Å². The van der Waals surface area contributed by atoms with Crippen LogP contribution in [-0.4, -0.2) is 0 Å². The van der Waals surface area contributed by atoms with Gasteiger partial charge in [0.15, 0.2) is 0 Å². The Morgan fingerprint density at radius 1 is 1.25 bits per heavy atom. The van der Waals surface area contributed by atoms with Gasteiger partial charge in [-0.1, -0.05) is 0 Å². The summed E-state index contributed by atoms with van der Waals surface area (Å²) in [5.41, 5.74) is 0. The Labute approximate surface area is 37.8 Å². The van der Waals surface area contributed by atoms with Crippen LogP contribution >= 0.6 is 0 Å². The average Bonchev–Trinajstić information content (AvgIpc) is 0.918. The zero-order chi connectivity index (χ0) is 2.71. The van der Waals surface area contributed by atoms with Gasteiger partial charge in [-0.15, -0.1) is 0 Å². The number of hydrogen-bond acceptors (Lipinski definition) is 0. The number of hydrogen-bond donors (Lipinski definition) is 0. The molecule has 0 aromatic heterocycles. The molecule has 0 unspecified atom stereocenters. The largest absolute Gasteiger partial charge is 2.00 e. The van der Waals surface area contributed by atoms with Crippen LogP contribution in [0, 0.1) is 13.8 Å². The summed E-state index contributed by atoms with van der Waals surface area (Å²) in [7, 11) is 0. The van der Waals surface area contributed by atoms with Crippen LogP contribution in [0.5, 0.6) is 0 Å². The summed E-state index contributed by atoms with van der Waals surface area (Å²) in [6.07, 6.45) is 0.750. The Morgan fingerprint density at radius 2 is 1.25 bits per heavy atom. The fourth-order valence-electron chi connectivity index (χ4n) is 0. The molecule has 0 saturated heterocycles. The zero-order valence-electron chi connectivity index (χ0n) is 2.45. The van der Waals surface area contributed by atoms with Crippen molar-refractivity contribution >= 4 is 0 Å². The van der Waals surface area contributed by atoms with Gasteiger partial charge in [-0.3, -0.25) is 0 Å². The van der Waals surface area contributed by atoms with Gasteiger partial charge in [0.1, 0.15) is 0 Å². The van der Waals surface area contributed by atoms with Gasteiger partial charge < -0.3 is 20.3 Å². The maximum Gasteiger partial charge on any atom is 2.00 e. The minimum atomic E-state index is 0. The molecule has 0 spiro atoms. The molecule has 0 aromatic carbocycles. The molecule has 0 atom stereocenters. The van der Waals surface area contributed by atoms with Gasteiger partial charge in [0.25, 0.3) is 0 Å². The molecule has 0 fully saturated rings. The van der Waals surface area contributed by atoms with Gasteiger partial charge >= 0.3 is 16.8 Å². The summed E-state index contributed by atoms with van der Waals surface area (Å²) in [5, 5.41) is 0. The Kier molecular flexibility index (Phi) is 21.4. The molecule has 0 nitrogen and oxygen atoms in total. The maximum absolute atomic E-state index is 3.38. The smallest absolute Gasteiger partial charge is 0.372 e. The molecular weight excluding hydrogens is 95.0 g/mol. The van der Waals surface area contributed by atoms with E-state index in [1.54, 1.807) is 0 Å². The Morgan fingerprint density at radius 3 is 1.25 bits per heavy atom. The molecule has 0 aliphatic carbocycles. The molecule has 0 bridgehead atoms. The van der Waals surface area contributed by atoms with Gasteiger partial charge in [0.05, 0.1) is 0 Å². The van der Waals surface area contributed by atoms with Crippen molar-refractivity contribution in [1.29, 1.82) is 0 Å². The van der Waals surface area contributed by atoms with E-state index >= 15 is 0 Å². The minimum Gasteiger partial charge on any atom is -0.372 e. The molecule has 0 aliphatic rings. The molecule has 4 heavy (non-hydrogen) atoms. The summed E-state index contributed by atoms with van der Waals surface area (Å²) >= 11 is 0. The first-order valence-corrected chi connectivity index (χ1v) is 1.000. The third-order valence-electron chi connectivity index (χ3n) is 0. The molecule has 0 saturated carbocycles. The summed E-state index contributed by atoms with van der Waals surface area (Å²) in [4.78, 5) is 0. The first-order valence-electron chi connectivity index (χ1n) is 1.000. The third-order valence-corrected chi connectivity index (χ3v) is 0. The quantitative estimate of drug-likeness (QED) is 0.400. The SMILES string of the molecule is [CH2-]C[CH2-].[Co+2]. The maximum atomic E-state index is 3.38. The van der Waals surface area contributed by atoms with E-state index in [9.17, 15) is 0 Å². The third kappa shape index (κ3) is 22.2. The summed E-state index contributed by atoms with van der Waals surface area (Å²) in [6, 6.07) is 0. The van der Waals surface area contributed by atoms with Crippen LogP contribution in [0.25, 0.3) is 0 Å². The second-order valence-corrected chi connectivity index (χ2v) is 0.354. The molecule has 0 heterocycles. The average molecular weight is 101 g/mol. The molecule has 1 radical (unpaired) electrons. The Balaban J connectivity index is 0. The van der Waals surface area contributed by atoms with Crippen molar-refractivity contribution in [2.45, 2.75) is 6.42 Å².